The summed E-state index contributed by atoms with van der Waals surface area (Å²) in [7, 11) is 0. The summed E-state index contributed by atoms with van der Waals surface area (Å²) >= 11 is 0. The van der Waals surface area contributed by atoms with E-state index in [0.717, 1.165) is 12.2 Å². The Labute approximate surface area is 85.1 Å². The highest BCUT2D eigenvalue weighted by atomic mass is 16.5. The van der Waals surface area contributed by atoms with Crippen molar-refractivity contribution in [1.82, 2.24) is 0 Å². The molecule has 0 amide bonds. The summed E-state index contributed by atoms with van der Waals surface area (Å²) in [5.41, 5.74) is 1.21. The Morgan fingerprint density at radius 3 is 2.50 bits per heavy atom. The minimum absolute atomic E-state index is 0.0164. The lowest BCUT2D eigenvalue weighted by molar-refractivity contribution is 0.202. The summed E-state index contributed by atoms with van der Waals surface area (Å²) in [6.45, 7) is 4.06. The van der Waals surface area contributed by atoms with Crippen LogP contribution in [0.4, 0.5) is 0 Å². The minimum Gasteiger partial charge on any atom is -0.489 e. The molecule has 1 unspecified atom stereocenters. The van der Waals surface area contributed by atoms with E-state index < -0.39 is 0 Å². The van der Waals surface area contributed by atoms with E-state index in [1.165, 1.54) is 5.56 Å². The highest BCUT2D eigenvalue weighted by Gasteiger charge is 2.06. The van der Waals surface area contributed by atoms with Crippen molar-refractivity contribution in [2.45, 2.75) is 32.8 Å². The number of nitrogens with zero attached hydrogens (tertiary/aromatic N) is 1. The Balaban J connectivity index is 2.59. The van der Waals surface area contributed by atoms with E-state index in [2.05, 4.69) is 6.07 Å². The van der Waals surface area contributed by atoms with Crippen molar-refractivity contribution < 1.29 is 4.74 Å². The first kappa shape index (κ1) is 10.6. The van der Waals surface area contributed by atoms with Crippen LogP contribution in [-0.2, 0) is 0 Å². The fourth-order valence-electron chi connectivity index (χ4n) is 1.18. The molecule has 14 heavy (non-hydrogen) atoms. The maximum absolute atomic E-state index is 8.56. The van der Waals surface area contributed by atoms with E-state index in [4.69, 9.17) is 10.00 Å². The number of hydrogen-bond donors (Lipinski definition) is 0. The Morgan fingerprint density at radius 1 is 1.36 bits per heavy atom. The van der Waals surface area contributed by atoms with Crippen LogP contribution in [0.15, 0.2) is 24.3 Å². The monoisotopic (exact) mass is 189 g/mol. The predicted octanol–water partition coefficient (Wildman–Crippen LogP) is 3.07. The molecule has 0 N–H and O–H groups in total. The molecule has 1 aromatic carbocycles. The van der Waals surface area contributed by atoms with Gasteiger partial charge in [-0.15, -0.1) is 0 Å². The minimum atomic E-state index is 0.0164. The van der Waals surface area contributed by atoms with Crippen molar-refractivity contribution in [3.8, 4) is 11.8 Å². The van der Waals surface area contributed by atoms with Gasteiger partial charge >= 0.3 is 0 Å². The third-order valence-electron chi connectivity index (χ3n) is 2.10. The van der Waals surface area contributed by atoms with E-state index >= 15 is 0 Å². The van der Waals surface area contributed by atoms with Gasteiger partial charge in [0.2, 0.25) is 0 Å². The second kappa shape index (κ2) is 5.29. The smallest absolute Gasteiger partial charge is 0.119 e. The molecule has 1 rings (SSSR count). The zero-order valence-corrected chi connectivity index (χ0v) is 8.66. The van der Waals surface area contributed by atoms with Gasteiger partial charge in [-0.3, -0.25) is 0 Å². The fraction of sp³-hybridized carbons (Fsp3) is 0.417. The van der Waals surface area contributed by atoms with E-state index in [9.17, 15) is 0 Å². The van der Waals surface area contributed by atoms with Crippen LogP contribution in [0, 0.1) is 18.3 Å². The van der Waals surface area contributed by atoms with Crippen LogP contribution < -0.4 is 4.74 Å². The molecule has 0 spiro atoms. The Hall–Kier alpha value is -1.49. The van der Waals surface area contributed by atoms with Gasteiger partial charge in [0.25, 0.3) is 0 Å². The number of aryl methyl sites for hydroxylation is 1. The Kier molecular flexibility index (Phi) is 4.00. The zero-order chi connectivity index (χ0) is 10.4. The number of nitriles is 1. The molecular formula is C12H15NO. The summed E-state index contributed by atoms with van der Waals surface area (Å²) in [4.78, 5) is 0. The van der Waals surface area contributed by atoms with Crippen molar-refractivity contribution in [2.75, 3.05) is 0 Å². The zero-order valence-electron chi connectivity index (χ0n) is 8.66. The lowest BCUT2D eigenvalue weighted by Crippen LogP contribution is -2.14. The normalized spacial score (nSPS) is 11.8. The fourth-order valence-corrected chi connectivity index (χ4v) is 1.18. The Morgan fingerprint density at radius 2 is 2.00 bits per heavy atom. The highest BCUT2D eigenvalue weighted by molar-refractivity contribution is 5.26. The topological polar surface area (TPSA) is 33.0 Å². The molecule has 0 heterocycles. The standard InChI is InChI=1S/C12H15NO/c1-3-11(8-9-13)14-12-6-4-10(2)5-7-12/h4-7,11H,3,8H2,1-2H3. The van der Waals surface area contributed by atoms with Gasteiger partial charge in [-0.25, -0.2) is 0 Å². The SMILES string of the molecule is CCC(CC#N)Oc1ccc(C)cc1. The van der Waals surface area contributed by atoms with Gasteiger partial charge in [-0.1, -0.05) is 24.6 Å². The summed E-state index contributed by atoms with van der Waals surface area (Å²) < 4.78 is 5.64. The molecule has 2 heteroatoms. The Bertz CT molecular complexity index is 310. The first-order valence-electron chi connectivity index (χ1n) is 4.86. The van der Waals surface area contributed by atoms with Gasteiger partial charge in [-0.05, 0) is 25.5 Å². The summed E-state index contributed by atoms with van der Waals surface area (Å²) in [5, 5.41) is 8.56. The second-order valence-electron chi connectivity index (χ2n) is 3.32. The maximum Gasteiger partial charge on any atom is 0.119 e. The van der Waals surface area contributed by atoms with E-state index in [0.29, 0.717) is 6.42 Å². The number of rotatable bonds is 4. The van der Waals surface area contributed by atoms with Gasteiger partial charge in [0.05, 0.1) is 12.5 Å². The van der Waals surface area contributed by atoms with Crippen molar-refractivity contribution in [3.63, 3.8) is 0 Å². The summed E-state index contributed by atoms with van der Waals surface area (Å²) in [6.07, 6.45) is 1.33. The second-order valence-corrected chi connectivity index (χ2v) is 3.32. The van der Waals surface area contributed by atoms with Gasteiger partial charge in [0, 0.05) is 0 Å². The molecule has 0 fully saturated rings. The van der Waals surface area contributed by atoms with Crippen molar-refractivity contribution >= 4 is 0 Å². The van der Waals surface area contributed by atoms with Crippen LogP contribution in [0.5, 0.6) is 5.75 Å². The molecule has 0 aromatic heterocycles. The quantitative estimate of drug-likeness (QED) is 0.729. The molecule has 0 aliphatic heterocycles. The van der Waals surface area contributed by atoms with Crippen LogP contribution in [0.2, 0.25) is 0 Å². The molecule has 0 saturated heterocycles. The molecule has 0 aliphatic carbocycles. The molecular weight excluding hydrogens is 174 g/mol. The van der Waals surface area contributed by atoms with Gasteiger partial charge in [-0.2, -0.15) is 5.26 Å². The van der Waals surface area contributed by atoms with Gasteiger partial charge < -0.3 is 4.74 Å². The first-order chi connectivity index (χ1) is 6.76. The van der Waals surface area contributed by atoms with Crippen LogP contribution in [0.3, 0.4) is 0 Å². The third-order valence-corrected chi connectivity index (χ3v) is 2.10. The molecule has 0 saturated carbocycles. The molecule has 1 aromatic rings. The van der Waals surface area contributed by atoms with Crippen molar-refractivity contribution in [3.05, 3.63) is 29.8 Å². The molecule has 0 radical (unpaired) electrons. The van der Waals surface area contributed by atoms with Crippen molar-refractivity contribution in [2.24, 2.45) is 0 Å². The van der Waals surface area contributed by atoms with Crippen LogP contribution in [0.1, 0.15) is 25.3 Å². The van der Waals surface area contributed by atoms with E-state index in [1.54, 1.807) is 0 Å². The third kappa shape index (κ3) is 3.10. The first-order valence-corrected chi connectivity index (χ1v) is 4.86. The van der Waals surface area contributed by atoms with Gasteiger partial charge in [0.15, 0.2) is 0 Å². The van der Waals surface area contributed by atoms with Crippen LogP contribution >= 0.6 is 0 Å². The summed E-state index contributed by atoms with van der Waals surface area (Å²) in [5.74, 6) is 0.845. The molecule has 2 nitrogen and oxygen atoms in total. The molecule has 74 valence electrons. The average Bonchev–Trinajstić information content (AvgIpc) is 2.20. The van der Waals surface area contributed by atoms with Crippen LogP contribution in [0.25, 0.3) is 0 Å². The molecule has 0 aliphatic rings. The highest BCUT2D eigenvalue weighted by Crippen LogP contribution is 2.15. The van der Waals surface area contributed by atoms with Crippen LogP contribution in [-0.4, -0.2) is 6.10 Å². The molecule has 0 bridgehead atoms. The number of benzene rings is 1. The van der Waals surface area contributed by atoms with E-state index in [1.807, 2.05) is 38.1 Å². The summed E-state index contributed by atoms with van der Waals surface area (Å²) in [6, 6.07) is 10.0. The van der Waals surface area contributed by atoms with E-state index in [-0.39, 0.29) is 6.10 Å². The average molecular weight is 189 g/mol. The van der Waals surface area contributed by atoms with Crippen molar-refractivity contribution in [1.29, 1.82) is 5.26 Å². The number of ether oxygens (including phenoxy) is 1. The van der Waals surface area contributed by atoms with Gasteiger partial charge in [0.1, 0.15) is 11.9 Å². The molecule has 1 atom stereocenters. The largest absolute Gasteiger partial charge is 0.489 e. The lowest BCUT2D eigenvalue weighted by atomic mass is 10.2. The lowest BCUT2D eigenvalue weighted by Gasteiger charge is -2.14. The maximum atomic E-state index is 8.56. The predicted molar refractivity (Wildman–Crippen MR) is 56.1 cm³/mol. The number of hydrogen-bond acceptors (Lipinski definition) is 2.